The third kappa shape index (κ3) is 6.39. The van der Waals surface area contributed by atoms with Crippen LogP contribution in [0, 0.1) is 23.0 Å². The number of rotatable bonds is 14. The molecule has 3 aliphatic rings. The smallest absolute Gasteiger partial charge is 0.238 e. The minimum Gasteiger partial charge on any atom is -0.493 e. The first-order chi connectivity index (χ1) is 22.3. The molecule has 8 nitrogen and oxygen atoms in total. The molecule has 0 unspecified atom stereocenters. The van der Waals surface area contributed by atoms with E-state index in [0.717, 1.165) is 25.3 Å². The molecule has 0 bridgehead atoms. The number of nitrogens with zero attached hydrogens (tertiary/aromatic N) is 1. The predicted molar refractivity (Wildman–Crippen MR) is 168 cm³/mol. The van der Waals surface area contributed by atoms with Crippen LogP contribution < -0.4 is 24.8 Å². The highest BCUT2D eigenvalue weighted by Crippen LogP contribution is 2.48. The number of halogens is 2. The number of methoxy groups -OCH3 is 1. The minimum absolute atomic E-state index is 0.0180. The van der Waals surface area contributed by atoms with Gasteiger partial charge in [0.15, 0.2) is 28.8 Å². The Balaban J connectivity index is 1.02. The summed E-state index contributed by atoms with van der Waals surface area (Å²) in [5.74, 6) is 0.473. The third-order valence-electron chi connectivity index (χ3n) is 9.21. The molecule has 1 aromatic heterocycles. The molecule has 3 aliphatic carbocycles. The fourth-order valence-corrected chi connectivity index (χ4v) is 5.66. The molecular weight excluding hydrogens is 592 g/mol. The lowest BCUT2D eigenvalue weighted by atomic mass is 9.94. The lowest BCUT2D eigenvalue weighted by Crippen LogP contribution is -2.38. The number of ketones is 1. The van der Waals surface area contributed by atoms with E-state index in [1.54, 1.807) is 31.5 Å². The lowest BCUT2D eigenvalue weighted by Gasteiger charge is -2.20. The number of carbonyl (C=O) groups excluding carboxylic acids is 2. The van der Waals surface area contributed by atoms with Crippen LogP contribution in [0.25, 0.3) is 10.9 Å². The largest absolute Gasteiger partial charge is 0.493 e. The number of fused-ring (bicyclic) bond motifs is 1. The Hall–Kier alpha value is -4.57. The highest BCUT2D eigenvalue weighted by atomic mass is 19.1. The van der Waals surface area contributed by atoms with Crippen molar-refractivity contribution < 1.29 is 32.6 Å². The standard InChI is InChI=1S/C36H35F2N3O5/c1-44-31-18-26-28(19-32(31)45-21-35(11-12-35)40-20-22-2-3-22)39-15-10-29(26)46-30-9-4-23(16-27(30)38)17-33(42)36(13-14-36)34(43)41-25-7-5-24(37)6-8-25/h4-10,15-16,18-19,22,40H,2-3,11-14,17,20-21H2,1H3,(H,41,43). The van der Waals surface area contributed by atoms with Crippen LogP contribution >= 0.6 is 0 Å². The number of benzene rings is 3. The molecule has 0 saturated heterocycles. The van der Waals surface area contributed by atoms with E-state index in [0.29, 0.717) is 58.9 Å². The second-order valence-corrected chi connectivity index (χ2v) is 12.7. The zero-order valence-electron chi connectivity index (χ0n) is 25.5. The molecule has 3 saturated carbocycles. The van der Waals surface area contributed by atoms with Crippen molar-refractivity contribution in [2.45, 2.75) is 50.5 Å². The van der Waals surface area contributed by atoms with Gasteiger partial charge in [-0.25, -0.2) is 8.78 Å². The second kappa shape index (κ2) is 12.0. The summed E-state index contributed by atoms with van der Waals surface area (Å²) in [4.78, 5) is 30.5. The summed E-state index contributed by atoms with van der Waals surface area (Å²) in [7, 11) is 1.57. The summed E-state index contributed by atoms with van der Waals surface area (Å²) in [5, 5.41) is 6.99. The quantitative estimate of drug-likeness (QED) is 0.149. The molecule has 1 heterocycles. The van der Waals surface area contributed by atoms with Crippen molar-refractivity contribution in [2.75, 3.05) is 25.6 Å². The van der Waals surface area contributed by atoms with Crippen molar-refractivity contribution in [1.29, 1.82) is 0 Å². The summed E-state index contributed by atoms with van der Waals surface area (Å²) >= 11 is 0. The van der Waals surface area contributed by atoms with Crippen LogP contribution in [0.4, 0.5) is 14.5 Å². The third-order valence-corrected chi connectivity index (χ3v) is 9.21. The maximum Gasteiger partial charge on any atom is 0.238 e. The molecule has 7 rings (SSSR count). The van der Waals surface area contributed by atoms with E-state index < -0.39 is 23.0 Å². The number of nitrogens with one attached hydrogen (secondary N) is 2. The second-order valence-electron chi connectivity index (χ2n) is 12.7. The van der Waals surface area contributed by atoms with Crippen molar-refractivity contribution in [3.8, 4) is 23.0 Å². The van der Waals surface area contributed by atoms with Crippen LogP contribution in [0.15, 0.2) is 66.9 Å². The van der Waals surface area contributed by atoms with Gasteiger partial charge in [-0.1, -0.05) is 6.07 Å². The Morgan fingerprint density at radius 1 is 0.913 bits per heavy atom. The Kier molecular flexibility index (Phi) is 7.84. The van der Waals surface area contributed by atoms with Crippen LogP contribution in [0.3, 0.4) is 0 Å². The normalized spacial score (nSPS) is 17.3. The van der Waals surface area contributed by atoms with Crippen molar-refractivity contribution in [3.05, 3.63) is 84.1 Å². The van der Waals surface area contributed by atoms with Crippen LogP contribution in [0.5, 0.6) is 23.0 Å². The Morgan fingerprint density at radius 2 is 1.70 bits per heavy atom. The van der Waals surface area contributed by atoms with E-state index in [1.165, 1.54) is 49.2 Å². The fraction of sp³-hybridized carbons (Fsp3) is 0.361. The molecule has 0 aliphatic heterocycles. The molecule has 4 aromatic rings. The summed E-state index contributed by atoms with van der Waals surface area (Å²) in [6.45, 7) is 1.57. The minimum atomic E-state index is -1.16. The summed E-state index contributed by atoms with van der Waals surface area (Å²) in [6.07, 6.45) is 7.06. The number of ether oxygens (including phenoxy) is 3. The van der Waals surface area contributed by atoms with Crippen molar-refractivity contribution >= 4 is 28.3 Å². The SMILES string of the molecule is COc1cc2c(Oc3ccc(CC(=O)C4(C(=O)Nc5ccc(F)cc5)CC4)cc3F)ccnc2cc1OCC1(NCC2CC2)CC1. The Morgan fingerprint density at radius 3 is 2.37 bits per heavy atom. The maximum absolute atomic E-state index is 15.3. The van der Waals surface area contributed by atoms with Crippen molar-refractivity contribution in [2.24, 2.45) is 11.3 Å². The van der Waals surface area contributed by atoms with Gasteiger partial charge in [-0.05, 0) is 105 Å². The van der Waals surface area contributed by atoms with Crippen LogP contribution in [-0.2, 0) is 16.0 Å². The molecule has 10 heteroatoms. The molecule has 0 atom stereocenters. The van der Waals surface area contributed by atoms with Crippen LogP contribution in [0.2, 0.25) is 0 Å². The molecular formula is C36H35F2N3O5. The lowest BCUT2D eigenvalue weighted by molar-refractivity contribution is -0.132. The zero-order valence-corrected chi connectivity index (χ0v) is 25.5. The van der Waals surface area contributed by atoms with Gasteiger partial charge in [0.25, 0.3) is 0 Å². The number of Topliss-reactive ketones (excluding diaryl/α,β-unsaturated/α-hetero) is 1. The van der Waals surface area contributed by atoms with Crippen LogP contribution in [0.1, 0.15) is 44.1 Å². The zero-order chi connectivity index (χ0) is 31.9. The van der Waals surface area contributed by atoms with Gasteiger partial charge >= 0.3 is 0 Å². The average molecular weight is 628 g/mol. The number of hydrogen-bond acceptors (Lipinski definition) is 7. The van der Waals surface area contributed by atoms with Gasteiger partial charge < -0.3 is 24.8 Å². The fourth-order valence-electron chi connectivity index (χ4n) is 5.66. The van der Waals surface area contributed by atoms with Gasteiger partial charge in [-0.15, -0.1) is 0 Å². The maximum atomic E-state index is 15.3. The summed E-state index contributed by atoms with van der Waals surface area (Å²) in [6, 6.07) is 14.9. The molecule has 1 amide bonds. The van der Waals surface area contributed by atoms with Gasteiger partial charge in [0.05, 0.1) is 18.2 Å². The van der Waals surface area contributed by atoms with Crippen molar-refractivity contribution in [3.63, 3.8) is 0 Å². The van der Waals surface area contributed by atoms with Crippen molar-refractivity contribution in [1.82, 2.24) is 10.3 Å². The number of anilines is 1. The number of aromatic nitrogens is 1. The monoisotopic (exact) mass is 627 g/mol. The molecule has 2 N–H and O–H groups in total. The van der Waals surface area contributed by atoms with Gasteiger partial charge in [-0.2, -0.15) is 0 Å². The van der Waals surface area contributed by atoms with Gasteiger partial charge in [-0.3, -0.25) is 14.6 Å². The number of pyridine rings is 1. The summed E-state index contributed by atoms with van der Waals surface area (Å²) < 4.78 is 46.4. The highest BCUT2D eigenvalue weighted by molar-refractivity contribution is 6.14. The van der Waals surface area contributed by atoms with E-state index in [2.05, 4.69) is 15.6 Å². The Labute approximate surface area is 265 Å². The van der Waals surface area contributed by atoms with E-state index in [4.69, 9.17) is 14.2 Å². The summed E-state index contributed by atoms with van der Waals surface area (Å²) in [5.41, 5.74) is 0.305. The number of amides is 1. The Bertz CT molecular complexity index is 1800. The topological polar surface area (TPSA) is 98.8 Å². The van der Waals surface area contributed by atoms with E-state index in [9.17, 15) is 14.0 Å². The van der Waals surface area contributed by atoms with Crippen LogP contribution in [-0.4, -0.2) is 42.5 Å². The average Bonchev–Trinajstić information content (AvgIpc) is 3.91. The van der Waals surface area contributed by atoms with E-state index in [-0.39, 0.29) is 23.5 Å². The molecule has 3 aromatic carbocycles. The molecule has 0 spiro atoms. The van der Waals surface area contributed by atoms with E-state index in [1.807, 2.05) is 6.07 Å². The molecule has 0 radical (unpaired) electrons. The first kappa shape index (κ1) is 30.1. The predicted octanol–water partition coefficient (Wildman–Crippen LogP) is 6.76. The number of hydrogen-bond donors (Lipinski definition) is 2. The molecule has 3 fully saturated rings. The van der Waals surface area contributed by atoms with Gasteiger partial charge in [0.2, 0.25) is 5.91 Å². The van der Waals surface area contributed by atoms with Gasteiger partial charge in [0, 0.05) is 29.8 Å². The first-order valence-corrected chi connectivity index (χ1v) is 15.7. The number of carbonyl (C=O) groups is 2. The first-order valence-electron chi connectivity index (χ1n) is 15.7. The highest BCUT2D eigenvalue weighted by Gasteiger charge is 2.55. The van der Waals surface area contributed by atoms with E-state index >= 15 is 4.39 Å². The molecule has 238 valence electrons. The van der Waals surface area contributed by atoms with Gasteiger partial charge in [0.1, 0.15) is 23.6 Å². The molecule has 46 heavy (non-hydrogen) atoms.